The fourth-order valence-corrected chi connectivity index (χ4v) is 2.52. The third-order valence-corrected chi connectivity index (χ3v) is 3.78. The maximum Gasteiger partial charge on any atom is 0.101 e. The SMILES string of the molecule is CCCCN(CC)Cc1cccn1-c1ccccc1C#N. The van der Waals surface area contributed by atoms with Crippen molar-refractivity contribution in [3.63, 3.8) is 0 Å². The van der Waals surface area contributed by atoms with Crippen molar-refractivity contribution >= 4 is 0 Å². The minimum atomic E-state index is 0.714. The van der Waals surface area contributed by atoms with Crippen LogP contribution >= 0.6 is 0 Å². The van der Waals surface area contributed by atoms with E-state index in [0.717, 1.165) is 25.3 Å². The molecule has 0 saturated carbocycles. The van der Waals surface area contributed by atoms with Gasteiger partial charge in [0, 0.05) is 18.4 Å². The van der Waals surface area contributed by atoms with Crippen molar-refractivity contribution in [2.24, 2.45) is 0 Å². The van der Waals surface area contributed by atoms with E-state index in [4.69, 9.17) is 0 Å². The van der Waals surface area contributed by atoms with Crippen molar-refractivity contribution in [2.75, 3.05) is 13.1 Å². The van der Waals surface area contributed by atoms with E-state index in [0.29, 0.717) is 5.56 Å². The van der Waals surface area contributed by atoms with Crippen LogP contribution < -0.4 is 0 Å². The molecule has 0 atom stereocenters. The quantitative estimate of drug-likeness (QED) is 0.769. The number of aromatic nitrogens is 1. The molecule has 1 aromatic carbocycles. The molecule has 0 aliphatic heterocycles. The lowest BCUT2D eigenvalue weighted by atomic mass is 10.2. The first kappa shape index (κ1) is 15.3. The number of nitriles is 1. The van der Waals surface area contributed by atoms with Crippen molar-refractivity contribution in [3.8, 4) is 11.8 Å². The van der Waals surface area contributed by atoms with E-state index in [1.54, 1.807) is 0 Å². The molecule has 0 bridgehead atoms. The summed E-state index contributed by atoms with van der Waals surface area (Å²) in [6.45, 7) is 7.51. The van der Waals surface area contributed by atoms with Crippen molar-refractivity contribution in [1.82, 2.24) is 9.47 Å². The predicted octanol–water partition coefficient (Wildman–Crippen LogP) is 3.97. The van der Waals surface area contributed by atoms with Crippen molar-refractivity contribution in [3.05, 3.63) is 53.9 Å². The van der Waals surface area contributed by atoms with Gasteiger partial charge < -0.3 is 4.57 Å². The Labute approximate surface area is 127 Å². The van der Waals surface area contributed by atoms with Gasteiger partial charge in [-0.3, -0.25) is 4.90 Å². The van der Waals surface area contributed by atoms with E-state index in [2.05, 4.69) is 41.5 Å². The summed E-state index contributed by atoms with van der Waals surface area (Å²) in [5, 5.41) is 9.28. The molecule has 0 saturated heterocycles. The number of hydrogen-bond acceptors (Lipinski definition) is 2. The first-order valence-corrected chi connectivity index (χ1v) is 7.68. The van der Waals surface area contributed by atoms with Crippen LogP contribution in [0.2, 0.25) is 0 Å². The second-order valence-corrected chi connectivity index (χ2v) is 5.22. The summed E-state index contributed by atoms with van der Waals surface area (Å²) in [6, 6.07) is 14.2. The number of benzene rings is 1. The van der Waals surface area contributed by atoms with E-state index in [-0.39, 0.29) is 0 Å². The van der Waals surface area contributed by atoms with Gasteiger partial charge >= 0.3 is 0 Å². The zero-order chi connectivity index (χ0) is 15.1. The molecule has 0 amide bonds. The zero-order valence-electron chi connectivity index (χ0n) is 12.9. The van der Waals surface area contributed by atoms with Gasteiger partial charge in [-0.2, -0.15) is 5.26 Å². The minimum absolute atomic E-state index is 0.714. The van der Waals surface area contributed by atoms with Crippen LogP contribution in [-0.4, -0.2) is 22.6 Å². The second kappa shape index (κ2) is 7.66. The summed E-state index contributed by atoms with van der Waals surface area (Å²) >= 11 is 0. The Balaban J connectivity index is 2.24. The first-order valence-electron chi connectivity index (χ1n) is 7.68. The van der Waals surface area contributed by atoms with Crippen LogP contribution in [0.3, 0.4) is 0 Å². The Morgan fingerprint density at radius 1 is 1.14 bits per heavy atom. The molecule has 0 fully saturated rings. The third-order valence-electron chi connectivity index (χ3n) is 3.78. The highest BCUT2D eigenvalue weighted by atomic mass is 15.1. The van der Waals surface area contributed by atoms with Crippen LogP contribution in [0.1, 0.15) is 37.9 Å². The summed E-state index contributed by atoms with van der Waals surface area (Å²) in [5.74, 6) is 0. The van der Waals surface area contributed by atoms with E-state index in [1.165, 1.54) is 18.5 Å². The molecule has 0 unspecified atom stereocenters. The molecule has 3 heteroatoms. The molecular formula is C18H23N3. The lowest BCUT2D eigenvalue weighted by Gasteiger charge is -2.21. The molecule has 0 spiro atoms. The van der Waals surface area contributed by atoms with Crippen molar-refractivity contribution in [2.45, 2.75) is 33.2 Å². The maximum atomic E-state index is 9.28. The summed E-state index contributed by atoms with van der Waals surface area (Å²) in [7, 11) is 0. The molecule has 0 aliphatic rings. The number of nitrogens with zero attached hydrogens (tertiary/aromatic N) is 3. The van der Waals surface area contributed by atoms with Gasteiger partial charge in [-0.1, -0.05) is 32.4 Å². The molecule has 0 N–H and O–H groups in total. The van der Waals surface area contributed by atoms with Gasteiger partial charge in [0.2, 0.25) is 0 Å². The van der Waals surface area contributed by atoms with Gasteiger partial charge in [0.05, 0.1) is 11.3 Å². The van der Waals surface area contributed by atoms with Crippen LogP contribution in [0.25, 0.3) is 5.69 Å². The van der Waals surface area contributed by atoms with Crippen molar-refractivity contribution in [1.29, 1.82) is 5.26 Å². The first-order chi connectivity index (χ1) is 10.3. The second-order valence-electron chi connectivity index (χ2n) is 5.22. The van der Waals surface area contributed by atoms with E-state index in [1.807, 2.05) is 30.5 Å². The largest absolute Gasteiger partial charge is 0.318 e. The number of rotatable bonds is 7. The van der Waals surface area contributed by atoms with E-state index in [9.17, 15) is 5.26 Å². The summed E-state index contributed by atoms with van der Waals surface area (Å²) in [6.07, 6.45) is 4.48. The molecule has 1 aromatic heterocycles. The van der Waals surface area contributed by atoms with Crippen LogP contribution in [0.15, 0.2) is 42.6 Å². The van der Waals surface area contributed by atoms with E-state index >= 15 is 0 Å². The lowest BCUT2D eigenvalue weighted by Crippen LogP contribution is -2.25. The topological polar surface area (TPSA) is 32.0 Å². The molecule has 2 rings (SSSR count). The Morgan fingerprint density at radius 3 is 2.67 bits per heavy atom. The lowest BCUT2D eigenvalue weighted by molar-refractivity contribution is 0.271. The molecule has 2 aromatic rings. The number of hydrogen-bond donors (Lipinski definition) is 0. The highest BCUT2D eigenvalue weighted by Gasteiger charge is 2.10. The summed E-state index contributed by atoms with van der Waals surface area (Å²) < 4.78 is 2.13. The summed E-state index contributed by atoms with van der Waals surface area (Å²) in [4.78, 5) is 2.45. The van der Waals surface area contributed by atoms with Crippen LogP contribution in [0.4, 0.5) is 0 Å². The molecule has 3 nitrogen and oxygen atoms in total. The van der Waals surface area contributed by atoms with Crippen LogP contribution in [0, 0.1) is 11.3 Å². The van der Waals surface area contributed by atoms with Crippen LogP contribution in [-0.2, 0) is 6.54 Å². The monoisotopic (exact) mass is 281 g/mol. The molecule has 110 valence electrons. The van der Waals surface area contributed by atoms with E-state index < -0.39 is 0 Å². The van der Waals surface area contributed by atoms with Gasteiger partial charge in [-0.15, -0.1) is 0 Å². The Kier molecular flexibility index (Phi) is 5.59. The van der Waals surface area contributed by atoms with Crippen molar-refractivity contribution < 1.29 is 0 Å². The number of unbranched alkanes of at least 4 members (excludes halogenated alkanes) is 1. The average molecular weight is 281 g/mol. The third kappa shape index (κ3) is 3.74. The van der Waals surface area contributed by atoms with Crippen LogP contribution in [0.5, 0.6) is 0 Å². The van der Waals surface area contributed by atoms with Gasteiger partial charge in [0.15, 0.2) is 0 Å². The smallest absolute Gasteiger partial charge is 0.101 e. The Morgan fingerprint density at radius 2 is 1.95 bits per heavy atom. The highest BCUT2D eigenvalue weighted by Crippen LogP contribution is 2.18. The number of para-hydroxylation sites is 1. The highest BCUT2D eigenvalue weighted by molar-refractivity contribution is 5.49. The zero-order valence-corrected chi connectivity index (χ0v) is 12.9. The van der Waals surface area contributed by atoms with Gasteiger partial charge in [0.1, 0.15) is 6.07 Å². The predicted molar refractivity (Wildman–Crippen MR) is 86.3 cm³/mol. The molecule has 0 aliphatic carbocycles. The fraction of sp³-hybridized carbons (Fsp3) is 0.389. The summed E-state index contributed by atoms with van der Waals surface area (Å²) in [5.41, 5.74) is 2.91. The minimum Gasteiger partial charge on any atom is -0.318 e. The van der Waals surface area contributed by atoms with Gasteiger partial charge in [-0.25, -0.2) is 0 Å². The Bertz CT molecular complexity index is 607. The standard InChI is InChI=1S/C18H23N3/c1-3-5-12-20(4-2)15-17-10-8-13-21(17)18-11-7-6-9-16(18)14-19/h6-11,13H,3-5,12,15H2,1-2H3. The molecule has 0 radical (unpaired) electrons. The molecule has 21 heavy (non-hydrogen) atoms. The molecule has 1 heterocycles. The molecular weight excluding hydrogens is 258 g/mol. The average Bonchev–Trinajstić information content (AvgIpc) is 2.99. The Hall–Kier alpha value is -2.05. The van der Waals surface area contributed by atoms with Gasteiger partial charge in [0.25, 0.3) is 0 Å². The normalized spacial score (nSPS) is 10.8. The van der Waals surface area contributed by atoms with Gasteiger partial charge in [-0.05, 0) is 43.8 Å². The maximum absolute atomic E-state index is 9.28. The fourth-order valence-electron chi connectivity index (χ4n) is 2.52.